The minimum Gasteiger partial charge on any atom is -0.368 e. The number of carbonyl (C=O) groups excluding carboxylic acids is 1. The van der Waals surface area contributed by atoms with Crippen LogP contribution in [-0.4, -0.2) is 15.9 Å². The van der Waals surface area contributed by atoms with Crippen molar-refractivity contribution >= 4 is 11.9 Å². The summed E-state index contributed by atoms with van der Waals surface area (Å²) >= 11 is 0. The maximum atomic E-state index is 14.4. The second kappa shape index (κ2) is 6.67. The second-order valence-electron chi connectivity index (χ2n) is 6.89. The third-order valence-corrected chi connectivity index (χ3v) is 4.98. The molecule has 1 amide bonds. The van der Waals surface area contributed by atoms with Gasteiger partial charge in [0.05, 0.1) is 23.0 Å². The van der Waals surface area contributed by atoms with Crippen LogP contribution in [0, 0.1) is 25.5 Å². The number of aryl methyl sites for hydroxylation is 2. The number of nitrogen functional groups attached to an aromatic ring is 1. The number of nitrogens with zero attached hydrogens (tertiary/aromatic N) is 2. The van der Waals surface area contributed by atoms with E-state index in [-0.39, 0.29) is 17.4 Å². The molecule has 5 nitrogen and oxygen atoms in total. The van der Waals surface area contributed by atoms with Gasteiger partial charge in [0.2, 0.25) is 5.95 Å². The summed E-state index contributed by atoms with van der Waals surface area (Å²) in [6.45, 7) is 3.33. The van der Waals surface area contributed by atoms with Crippen molar-refractivity contribution < 1.29 is 13.6 Å². The summed E-state index contributed by atoms with van der Waals surface area (Å²) in [5, 5.41) is 2.92. The minimum atomic E-state index is -0.498. The molecule has 4 rings (SSSR count). The number of rotatable bonds is 2. The summed E-state index contributed by atoms with van der Waals surface area (Å²) < 4.78 is 28.7. The SMILES string of the molecule is Cc1cc(C2Cc3nc(N)nc(C)c3C(=O)N2)c(-c2ccccc2F)cc1F. The van der Waals surface area contributed by atoms with Crippen LogP contribution in [0.3, 0.4) is 0 Å². The van der Waals surface area contributed by atoms with Crippen LogP contribution in [-0.2, 0) is 6.42 Å². The molecule has 28 heavy (non-hydrogen) atoms. The van der Waals surface area contributed by atoms with Crippen molar-refractivity contribution in [3.63, 3.8) is 0 Å². The third kappa shape index (κ3) is 2.98. The summed E-state index contributed by atoms with van der Waals surface area (Å²) in [5.41, 5.74) is 8.88. The first-order valence-corrected chi connectivity index (χ1v) is 8.84. The summed E-state index contributed by atoms with van der Waals surface area (Å²) in [6, 6.07) is 8.63. The van der Waals surface area contributed by atoms with Crippen molar-refractivity contribution in [2.45, 2.75) is 26.3 Å². The zero-order valence-corrected chi connectivity index (χ0v) is 15.4. The fourth-order valence-corrected chi connectivity index (χ4v) is 3.67. The molecule has 0 spiro atoms. The van der Waals surface area contributed by atoms with E-state index in [0.717, 1.165) is 0 Å². The molecule has 2 aromatic carbocycles. The van der Waals surface area contributed by atoms with E-state index in [1.165, 1.54) is 12.1 Å². The van der Waals surface area contributed by atoms with Crippen molar-refractivity contribution in [3.8, 4) is 11.1 Å². The van der Waals surface area contributed by atoms with E-state index in [2.05, 4.69) is 15.3 Å². The van der Waals surface area contributed by atoms with Crippen LogP contribution in [0.25, 0.3) is 11.1 Å². The summed E-state index contributed by atoms with van der Waals surface area (Å²) in [4.78, 5) is 21.0. The quantitative estimate of drug-likeness (QED) is 0.711. The Bertz CT molecular complexity index is 1110. The van der Waals surface area contributed by atoms with Crippen LogP contribution in [0.4, 0.5) is 14.7 Å². The molecule has 0 fully saturated rings. The molecule has 0 aliphatic carbocycles. The predicted molar refractivity (Wildman–Crippen MR) is 102 cm³/mol. The van der Waals surface area contributed by atoms with Crippen LogP contribution in [0.2, 0.25) is 0 Å². The zero-order chi connectivity index (χ0) is 20.0. The average Bonchev–Trinajstić information content (AvgIpc) is 2.63. The maximum Gasteiger partial charge on any atom is 0.255 e. The van der Waals surface area contributed by atoms with Gasteiger partial charge in [0.15, 0.2) is 0 Å². The van der Waals surface area contributed by atoms with E-state index in [9.17, 15) is 13.6 Å². The highest BCUT2D eigenvalue weighted by atomic mass is 19.1. The molecule has 2 heterocycles. The van der Waals surface area contributed by atoms with Crippen LogP contribution in [0.1, 0.15) is 38.9 Å². The van der Waals surface area contributed by atoms with Gasteiger partial charge in [0.25, 0.3) is 5.91 Å². The molecule has 0 saturated carbocycles. The monoisotopic (exact) mass is 380 g/mol. The van der Waals surface area contributed by atoms with Gasteiger partial charge < -0.3 is 11.1 Å². The van der Waals surface area contributed by atoms with Gasteiger partial charge in [-0.3, -0.25) is 4.79 Å². The van der Waals surface area contributed by atoms with Gasteiger partial charge in [-0.2, -0.15) is 0 Å². The van der Waals surface area contributed by atoms with Gasteiger partial charge in [0.1, 0.15) is 11.6 Å². The fraction of sp³-hybridized carbons (Fsp3) is 0.190. The number of benzene rings is 2. The molecule has 1 aromatic heterocycles. The molecule has 3 aromatic rings. The number of halogens is 2. The van der Waals surface area contributed by atoms with E-state index < -0.39 is 17.7 Å². The molecule has 0 radical (unpaired) electrons. The van der Waals surface area contributed by atoms with Gasteiger partial charge in [0, 0.05) is 12.0 Å². The Morgan fingerprint density at radius 2 is 1.82 bits per heavy atom. The number of amides is 1. The number of anilines is 1. The lowest BCUT2D eigenvalue weighted by Gasteiger charge is -2.28. The van der Waals surface area contributed by atoms with E-state index in [0.29, 0.717) is 40.1 Å². The summed E-state index contributed by atoms with van der Waals surface area (Å²) in [6.07, 6.45) is 0.348. The normalized spacial score (nSPS) is 15.9. The molecule has 1 atom stereocenters. The Morgan fingerprint density at radius 1 is 1.07 bits per heavy atom. The Hall–Kier alpha value is -3.35. The smallest absolute Gasteiger partial charge is 0.255 e. The Balaban J connectivity index is 1.87. The van der Waals surface area contributed by atoms with E-state index in [4.69, 9.17) is 5.73 Å². The first kappa shape index (κ1) is 18.0. The molecule has 3 N–H and O–H groups in total. The number of aromatic nitrogens is 2. The molecular weight excluding hydrogens is 362 g/mol. The van der Waals surface area contributed by atoms with Gasteiger partial charge in [-0.05, 0) is 42.7 Å². The molecule has 1 aliphatic heterocycles. The Kier molecular flexibility index (Phi) is 4.30. The van der Waals surface area contributed by atoms with Gasteiger partial charge in [-0.1, -0.05) is 24.3 Å². The van der Waals surface area contributed by atoms with Gasteiger partial charge in [-0.25, -0.2) is 18.7 Å². The van der Waals surface area contributed by atoms with Crippen LogP contribution >= 0.6 is 0 Å². The summed E-state index contributed by atoms with van der Waals surface area (Å²) in [7, 11) is 0. The molecule has 1 unspecified atom stereocenters. The second-order valence-corrected chi connectivity index (χ2v) is 6.89. The van der Waals surface area contributed by atoms with E-state index in [1.54, 1.807) is 38.1 Å². The predicted octanol–water partition coefficient (Wildman–Crippen LogP) is 3.65. The Labute approximate surface area is 160 Å². The van der Waals surface area contributed by atoms with Crippen molar-refractivity contribution in [2.24, 2.45) is 0 Å². The van der Waals surface area contributed by atoms with Crippen molar-refractivity contribution in [2.75, 3.05) is 5.73 Å². The standard InChI is InChI=1S/C21H18F2N4O/c1-10-7-14(13(8-16(10)23)12-5-3-4-6-15(12)22)17-9-18-19(20(28)26-17)11(2)25-21(24)27-18/h3-8,17H,9H2,1-2H3,(H,26,28)(H2,24,25,27). The average molecular weight is 380 g/mol. The van der Waals surface area contributed by atoms with Crippen LogP contribution in [0.5, 0.6) is 0 Å². The highest BCUT2D eigenvalue weighted by Crippen LogP contribution is 2.35. The molecule has 142 valence electrons. The number of fused-ring (bicyclic) bond motifs is 1. The van der Waals surface area contributed by atoms with Gasteiger partial charge in [-0.15, -0.1) is 0 Å². The molecule has 7 heteroatoms. The number of nitrogens with one attached hydrogen (secondary N) is 1. The zero-order valence-electron chi connectivity index (χ0n) is 15.4. The first-order valence-electron chi connectivity index (χ1n) is 8.84. The fourth-order valence-electron chi connectivity index (χ4n) is 3.67. The number of hydrogen-bond acceptors (Lipinski definition) is 4. The van der Waals surface area contributed by atoms with E-state index in [1.807, 2.05) is 0 Å². The summed E-state index contributed by atoms with van der Waals surface area (Å²) in [5.74, 6) is -1.14. The van der Waals surface area contributed by atoms with Crippen molar-refractivity contribution in [1.82, 2.24) is 15.3 Å². The van der Waals surface area contributed by atoms with Crippen LogP contribution < -0.4 is 11.1 Å². The lowest BCUT2D eigenvalue weighted by Crippen LogP contribution is -2.37. The number of hydrogen-bond donors (Lipinski definition) is 2. The molecule has 0 saturated heterocycles. The first-order chi connectivity index (χ1) is 13.3. The van der Waals surface area contributed by atoms with Gasteiger partial charge >= 0.3 is 0 Å². The minimum absolute atomic E-state index is 0.0920. The molecular formula is C21H18F2N4O. The molecule has 1 aliphatic rings. The van der Waals surface area contributed by atoms with Crippen LogP contribution in [0.15, 0.2) is 36.4 Å². The lowest BCUT2D eigenvalue weighted by atomic mass is 9.87. The highest BCUT2D eigenvalue weighted by Gasteiger charge is 2.31. The highest BCUT2D eigenvalue weighted by molar-refractivity contribution is 5.98. The molecule has 0 bridgehead atoms. The number of carbonyl (C=O) groups is 1. The maximum absolute atomic E-state index is 14.4. The van der Waals surface area contributed by atoms with E-state index >= 15 is 0 Å². The van der Waals surface area contributed by atoms with Crippen molar-refractivity contribution in [3.05, 3.63) is 76.1 Å². The lowest BCUT2D eigenvalue weighted by molar-refractivity contribution is 0.0922. The van der Waals surface area contributed by atoms with Crippen molar-refractivity contribution in [1.29, 1.82) is 0 Å². The number of nitrogens with two attached hydrogens (primary N) is 1. The Morgan fingerprint density at radius 3 is 2.57 bits per heavy atom. The third-order valence-electron chi connectivity index (χ3n) is 4.98. The largest absolute Gasteiger partial charge is 0.368 e. The topological polar surface area (TPSA) is 80.9 Å².